The van der Waals surface area contributed by atoms with Gasteiger partial charge in [0.2, 0.25) is 0 Å². The minimum absolute atomic E-state index is 0.157. The summed E-state index contributed by atoms with van der Waals surface area (Å²) < 4.78 is 25.9. The van der Waals surface area contributed by atoms with Gasteiger partial charge in [-0.15, -0.1) is 0 Å². The van der Waals surface area contributed by atoms with E-state index in [1.807, 2.05) is 19.9 Å². The van der Waals surface area contributed by atoms with Crippen molar-refractivity contribution >= 4 is 16.7 Å². The fourth-order valence-corrected chi connectivity index (χ4v) is 3.51. The van der Waals surface area contributed by atoms with Gasteiger partial charge in [-0.1, -0.05) is 0 Å². The molecule has 5 rings (SSSR count). The highest BCUT2D eigenvalue weighted by molar-refractivity contribution is 5.93. The van der Waals surface area contributed by atoms with Gasteiger partial charge in [-0.2, -0.15) is 5.10 Å². The maximum atomic E-state index is 14.4. The average molecular weight is 383 g/mol. The van der Waals surface area contributed by atoms with Crippen molar-refractivity contribution in [2.75, 3.05) is 24.6 Å². The van der Waals surface area contributed by atoms with Crippen molar-refractivity contribution in [2.24, 2.45) is 0 Å². The Morgan fingerprint density at radius 3 is 2.93 bits per heavy atom. The molecule has 8 heteroatoms. The van der Waals surface area contributed by atoms with Crippen LogP contribution < -0.4 is 9.64 Å². The summed E-state index contributed by atoms with van der Waals surface area (Å²) in [6, 6.07) is 5.06. The molecule has 2 fully saturated rings. The number of nitrogens with zero attached hydrogens (tertiary/aromatic N) is 4. The lowest BCUT2D eigenvalue weighted by Crippen LogP contribution is -2.41. The van der Waals surface area contributed by atoms with E-state index in [9.17, 15) is 4.39 Å². The van der Waals surface area contributed by atoms with Gasteiger partial charge in [0.05, 0.1) is 23.9 Å². The molecule has 1 N–H and O–H groups in total. The van der Waals surface area contributed by atoms with E-state index >= 15 is 0 Å². The first-order chi connectivity index (χ1) is 13.5. The number of hydrogen-bond acceptors (Lipinski definition) is 6. The van der Waals surface area contributed by atoms with Gasteiger partial charge in [-0.05, 0) is 32.8 Å². The van der Waals surface area contributed by atoms with Gasteiger partial charge >= 0.3 is 0 Å². The van der Waals surface area contributed by atoms with E-state index in [-0.39, 0.29) is 23.3 Å². The van der Waals surface area contributed by atoms with E-state index in [0.29, 0.717) is 23.5 Å². The Kier molecular flexibility index (Phi) is 3.97. The van der Waals surface area contributed by atoms with Crippen molar-refractivity contribution < 1.29 is 13.9 Å². The third-order valence-electron chi connectivity index (χ3n) is 5.39. The van der Waals surface area contributed by atoms with Crippen LogP contribution >= 0.6 is 0 Å². The topological polar surface area (TPSA) is 76.2 Å². The van der Waals surface area contributed by atoms with Crippen LogP contribution in [0.2, 0.25) is 0 Å². The van der Waals surface area contributed by atoms with E-state index in [0.717, 1.165) is 37.1 Å². The van der Waals surface area contributed by atoms with Gasteiger partial charge in [0.15, 0.2) is 11.6 Å². The lowest BCUT2D eigenvalue weighted by molar-refractivity contribution is 0.0529. The quantitative estimate of drug-likeness (QED) is 0.745. The second-order valence-corrected chi connectivity index (χ2v) is 7.84. The third kappa shape index (κ3) is 3.17. The summed E-state index contributed by atoms with van der Waals surface area (Å²) in [6.07, 6.45) is 3.58. The molecule has 146 valence electrons. The molecule has 2 aliphatic rings. The molecule has 1 aliphatic carbocycles. The number of rotatable bonds is 4. The SMILES string of the molecule is C[C@H]1CN(c2cc(-c3n[nH]c4cc(F)c(OC5(C)CC5)cc34)ncn2)CCO1. The Hall–Kier alpha value is -2.74. The molecule has 0 amide bonds. The normalized spacial score (nSPS) is 21.1. The lowest BCUT2D eigenvalue weighted by atomic mass is 10.1. The van der Waals surface area contributed by atoms with Crippen LogP contribution in [0.1, 0.15) is 26.7 Å². The number of nitrogens with one attached hydrogen (secondary N) is 1. The summed E-state index contributed by atoms with van der Waals surface area (Å²) in [5, 5.41) is 8.06. The van der Waals surface area contributed by atoms with Crippen LogP contribution in [0.25, 0.3) is 22.3 Å². The zero-order valence-corrected chi connectivity index (χ0v) is 15.9. The van der Waals surface area contributed by atoms with Crippen molar-refractivity contribution in [3.05, 3.63) is 30.3 Å². The maximum Gasteiger partial charge on any atom is 0.167 e. The number of aromatic nitrogens is 4. The predicted octanol–water partition coefficient (Wildman–Crippen LogP) is 3.32. The molecule has 0 spiro atoms. The highest BCUT2D eigenvalue weighted by Crippen LogP contribution is 2.41. The van der Waals surface area contributed by atoms with Gasteiger partial charge in [0, 0.05) is 30.6 Å². The molecule has 7 nitrogen and oxygen atoms in total. The Labute approximate surface area is 161 Å². The number of ether oxygens (including phenoxy) is 2. The van der Waals surface area contributed by atoms with Crippen LogP contribution in [0.4, 0.5) is 10.2 Å². The number of H-pyrrole nitrogens is 1. The largest absolute Gasteiger partial charge is 0.484 e. The first-order valence-corrected chi connectivity index (χ1v) is 9.56. The van der Waals surface area contributed by atoms with Crippen LogP contribution in [0.3, 0.4) is 0 Å². The highest BCUT2D eigenvalue weighted by atomic mass is 19.1. The lowest BCUT2D eigenvalue weighted by Gasteiger charge is -2.31. The monoisotopic (exact) mass is 383 g/mol. The smallest absolute Gasteiger partial charge is 0.167 e. The van der Waals surface area contributed by atoms with Crippen molar-refractivity contribution in [2.45, 2.75) is 38.4 Å². The molecule has 1 saturated carbocycles. The Balaban J connectivity index is 1.52. The van der Waals surface area contributed by atoms with E-state index in [1.165, 1.54) is 12.4 Å². The summed E-state index contributed by atoms with van der Waals surface area (Å²) in [5.41, 5.74) is 1.70. The Bertz CT molecular complexity index is 1030. The zero-order chi connectivity index (χ0) is 19.3. The highest BCUT2D eigenvalue weighted by Gasteiger charge is 2.40. The van der Waals surface area contributed by atoms with Crippen LogP contribution in [0, 0.1) is 5.82 Å². The van der Waals surface area contributed by atoms with Crippen molar-refractivity contribution in [1.29, 1.82) is 0 Å². The molecule has 2 aromatic heterocycles. The van der Waals surface area contributed by atoms with E-state index in [1.54, 1.807) is 6.07 Å². The first kappa shape index (κ1) is 17.4. The fourth-order valence-electron chi connectivity index (χ4n) is 3.51. The summed E-state index contributed by atoms with van der Waals surface area (Å²) in [6.45, 7) is 6.27. The third-order valence-corrected chi connectivity index (χ3v) is 5.39. The molecule has 1 saturated heterocycles. The molecule has 1 atom stereocenters. The molecule has 3 aromatic rings. The summed E-state index contributed by atoms with van der Waals surface area (Å²) in [7, 11) is 0. The Morgan fingerprint density at radius 1 is 1.29 bits per heavy atom. The zero-order valence-electron chi connectivity index (χ0n) is 15.9. The summed E-state index contributed by atoms with van der Waals surface area (Å²) >= 11 is 0. The molecule has 1 aliphatic heterocycles. The number of anilines is 1. The second-order valence-electron chi connectivity index (χ2n) is 7.84. The summed E-state index contributed by atoms with van der Waals surface area (Å²) in [5.74, 6) is 0.702. The predicted molar refractivity (Wildman–Crippen MR) is 103 cm³/mol. The van der Waals surface area contributed by atoms with Gasteiger partial charge in [-0.3, -0.25) is 5.10 Å². The van der Waals surface area contributed by atoms with Crippen molar-refractivity contribution in [1.82, 2.24) is 20.2 Å². The van der Waals surface area contributed by atoms with Crippen LogP contribution in [0.5, 0.6) is 5.75 Å². The van der Waals surface area contributed by atoms with Crippen molar-refractivity contribution in [3.8, 4) is 17.1 Å². The van der Waals surface area contributed by atoms with E-state index in [4.69, 9.17) is 9.47 Å². The number of hydrogen-bond donors (Lipinski definition) is 1. The van der Waals surface area contributed by atoms with Gasteiger partial charge in [0.1, 0.15) is 23.4 Å². The molecular formula is C20H22FN5O2. The number of morpholine rings is 1. The van der Waals surface area contributed by atoms with Crippen molar-refractivity contribution in [3.63, 3.8) is 0 Å². The van der Waals surface area contributed by atoms with Gasteiger partial charge in [0.25, 0.3) is 0 Å². The van der Waals surface area contributed by atoms with E-state index < -0.39 is 0 Å². The fraction of sp³-hybridized carbons (Fsp3) is 0.450. The van der Waals surface area contributed by atoms with Gasteiger partial charge < -0.3 is 14.4 Å². The molecule has 3 heterocycles. The first-order valence-electron chi connectivity index (χ1n) is 9.56. The van der Waals surface area contributed by atoms with Crippen LogP contribution in [-0.4, -0.2) is 51.6 Å². The minimum atomic E-state index is -0.387. The van der Waals surface area contributed by atoms with E-state index in [2.05, 4.69) is 25.1 Å². The summed E-state index contributed by atoms with van der Waals surface area (Å²) in [4.78, 5) is 11.0. The second kappa shape index (κ2) is 6.41. The molecule has 0 radical (unpaired) electrons. The number of fused-ring (bicyclic) bond motifs is 1. The average Bonchev–Trinajstić information content (AvgIpc) is 3.27. The number of aromatic amines is 1. The molecule has 0 bridgehead atoms. The minimum Gasteiger partial charge on any atom is -0.484 e. The number of benzene rings is 1. The molecular weight excluding hydrogens is 361 g/mol. The Morgan fingerprint density at radius 2 is 2.14 bits per heavy atom. The van der Waals surface area contributed by atoms with Gasteiger partial charge in [-0.25, -0.2) is 14.4 Å². The maximum absolute atomic E-state index is 14.4. The molecule has 28 heavy (non-hydrogen) atoms. The molecule has 0 unspecified atom stereocenters. The molecule has 1 aromatic carbocycles. The number of halogens is 1. The standard InChI is InChI=1S/C20H22FN5O2/c1-12-10-26(5-6-27-12)18-9-16(22-11-23-18)19-13-7-17(28-20(2)3-4-20)14(21)8-15(13)24-25-19/h7-9,11-12H,3-6,10H2,1-2H3,(H,24,25)/t12-/m0/s1. The van der Waals surface area contributed by atoms with Crippen LogP contribution in [-0.2, 0) is 4.74 Å². The van der Waals surface area contributed by atoms with Crippen LogP contribution in [0.15, 0.2) is 24.5 Å².